The molecule has 5 heteroatoms. The van der Waals surface area contributed by atoms with Gasteiger partial charge in [-0.2, -0.15) is 0 Å². The highest BCUT2D eigenvalue weighted by Crippen LogP contribution is 2.24. The Morgan fingerprint density at radius 2 is 2.16 bits per heavy atom. The molecule has 1 rings (SSSR count). The molecule has 1 unspecified atom stereocenters. The van der Waals surface area contributed by atoms with Crippen molar-refractivity contribution >= 4 is 22.4 Å². The van der Waals surface area contributed by atoms with Gasteiger partial charge in [-0.25, -0.2) is 4.98 Å². The second-order valence-corrected chi connectivity index (χ2v) is 5.86. The number of aryl methyl sites for hydroxylation is 1. The summed E-state index contributed by atoms with van der Waals surface area (Å²) in [5.41, 5.74) is 0.968. The molecule has 1 atom stereocenters. The smallest absolute Gasteiger partial charge is 0.306 e. The van der Waals surface area contributed by atoms with Crippen molar-refractivity contribution in [1.29, 1.82) is 0 Å². The van der Waals surface area contributed by atoms with E-state index < -0.39 is 0 Å². The average molecular weight is 284 g/mol. The summed E-state index contributed by atoms with van der Waals surface area (Å²) in [7, 11) is 2.07. The van der Waals surface area contributed by atoms with E-state index in [0.717, 1.165) is 10.8 Å². The van der Waals surface area contributed by atoms with Crippen LogP contribution in [0.2, 0.25) is 0 Å². The number of rotatable bonds is 7. The first-order valence-corrected chi connectivity index (χ1v) is 7.66. The summed E-state index contributed by atoms with van der Waals surface area (Å²) in [6, 6.07) is 0.448. The summed E-state index contributed by atoms with van der Waals surface area (Å²) in [6.45, 7) is 8.87. The fourth-order valence-electron chi connectivity index (χ4n) is 1.66. The zero-order chi connectivity index (χ0) is 14.4. The van der Waals surface area contributed by atoms with Gasteiger partial charge >= 0.3 is 5.97 Å². The summed E-state index contributed by atoms with van der Waals surface area (Å²) in [6.07, 6.45) is 1.06. The van der Waals surface area contributed by atoms with Gasteiger partial charge < -0.3 is 9.64 Å². The van der Waals surface area contributed by atoms with Crippen molar-refractivity contribution in [2.45, 2.75) is 46.6 Å². The first kappa shape index (κ1) is 16.0. The highest BCUT2D eigenvalue weighted by molar-refractivity contribution is 7.13. The monoisotopic (exact) mass is 284 g/mol. The molecule has 0 N–H and O–H groups in total. The van der Waals surface area contributed by atoms with Gasteiger partial charge in [0.25, 0.3) is 0 Å². The maximum atomic E-state index is 11.3. The maximum absolute atomic E-state index is 11.3. The van der Waals surface area contributed by atoms with Gasteiger partial charge in [-0.1, -0.05) is 13.8 Å². The van der Waals surface area contributed by atoms with Gasteiger partial charge in [0.15, 0.2) is 5.13 Å². The van der Waals surface area contributed by atoms with Crippen LogP contribution in [0.3, 0.4) is 0 Å². The van der Waals surface area contributed by atoms with Gasteiger partial charge in [0.1, 0.15) is 0 Å². The number of esters is 1. The average Bonchev–Trinajstić information content (AvgIpc) is 2.83. The van der Waals surface area contributed by atoms with Crippen molar-refractivity contribution in [2.24, 2.45) is 5.92 Å². The van der Waals surface area contributed by atoms with E-state index in [-0.39, 0.29) is 5.97 Å². The van der Waals surface area contributed by atoms with Gasteiger partial charge in [-0.05, 0) is 19.8 Å². The van der Waals surface area contributed by atoms with Crippen LogP contribution in [0.15, 0.2) is 5.38 Å². The molecule has 0 amide bonds. The number of nitrogens with zero attached hydrogens (tertiary/aromatic N) is 2. The van der Waals surface area contributed by atoms with E-state index in [0.29, 0.717) is 31.4 Å². The lowest BCUT2D eigenvalue weighted by molar-refractivity contribution is -0.143. The third-order valence-corrected chi connectivity index (χ3v) is 4.29. The van der Waals surface area contributed by atoms with Crippen LogP contribution in [-0.2, 0) is 16.0 Å². The summed E-state index contributed by atoms with van der Waals surface area (Å²) in [5, 5.41) is 3.04. The van der Waals surface area contributed by atoms with E-state index in [1.54, 1.807) is 11.3 Å². The topological polar surface area (TPSA) is 42.4 Å². The number of aromatic nitrogens is 1. The SMILES string of the molecule is CCOC(=O)CCc1csc(N(C)C(C)C(C)C)n1. The lowest BCUT2D eigenvalue weighted by Crippen LogP contribution is -2.33. The van der Waals surface area contributed by atoms with Crippen molar-refractivity contribution in [3.63, 3.8) is 0 Å². The van der Waals surface area contributed by atoms with Crippen molar-refractivity contribution in [3.8, 4) is 0 Å². The van der Waals surface area contributed by atoms with E-state index in [1.165, 1.54) is 0 Å². The van der Waals surface area contributed by atoms with Gasteiger partial charge in [0, 0.05) is 24.9 Å². The van der Waals surface area contributed by atoms with Crippen LogP contribution in [-0.4, -0.2) is 30.6 Å². The minimum absolute atomic E-state index is 0.152. The van der Waals surface area contributed by atoms with Crippen LogP contribution in [0.5, 0.6) is 0 Å². The molecule has 1 aromatic rings. The largest absolute Gasteiger partial charge is 0.466 e. The fourth-order valence-corrected chi connectivity index (χ4v) is 2.57. The number of carbonyl (C=O) groups excluding carboxylic acids is 1. The highest BCUT2D eigenvalue weighted by Gasteiger charge is 2.16. The molecule has 1 heterocycles. The lowest BCUT2D eigenvalue weighted by atomic mass is 10.1. The predicted molar refractivity (Wildman–Crippen MR) is 79.8 cm³/mol. The molecule has 0 aliphatic carbocycles. The molecule has 0 spiro atoms. The number of hydrogen-bond donors (Lipinski definition) is 0. The molecule has 0 saturated carbocycles. The maximum Gasteiger partial charge on any atom is 0.306 e. The Balaban J connectivity index is 2.55. The van der Waals surface area contributed by atoms with E-state index in [9.17, 15) is 4.79 Å². The molecule has 0 aromatic carbocycles. The van der Waals surface area contributed by atoms with Gasteiger partial charge in [0.2, 0.25) is 0 Å². The molecular weight excluding hydrogens is 260 g/mol. The van der Waals surface area contributed by atoms with Crippen LogP contribution in [0.1, 0.15) is 39.8 Å². The normalized spacial score (nSPS) is 12.5. The molecule has 0 bridgehead atoms. The van der Waals surface area contributed by atoms with Gasteiger partial charge in [-0.15, -0.1) is 11.3 Å². The Morgan fingerprint density at radius 3 is 2.74 bits per heavy atom. The summed E-state index contributed by atoms with van der Waals surface area (Å²) in [4.78, 5) is 18.1. The zero-order valence-corrected chi connectivity index (χ0v) is 13.3. The van der Waals surface area contributed by atoms with Crippen LogP contribution in [0, 0.1) is 5.92 Å². The van der Waals surface area contributed by atoms with Crippen molar-refractivity contribution in [1.82, 2.24) is 4.98 Å². The van der Waals surface area contributed by atoms with Gasteiger partial charge in [-0.3, -0.25) is 4.79 Å². The number of ether oxygens (including phenoxy) is 1. The Morgan fingerprint density at radius 1 is 1.47 bits per heavy atom. The first-order chi connectivity index (χ1) is 8.95. The summed E-state index contributed by atoms with van der Waals surface area (Å²) < 4.78 is 4.91. The highest BCUT2D eigenvalue weighted by atomic mass is 32.1. The number of anilines is 1. The number of carbonyl (C=O) groups is 1. The van der Waals surface area contributed by atoms with Crippen LogP contribution in [0.25, 0.3) is 0 Å². The summed E-state index contributed by atoms with van der Waals surface area (Å²) >= 11 is 1.63. The van der Waals surface area contributed by atoms with Crippen LogP contribution < -0.4 is 4.90 Å². The molecule has 108 valence electrons. The van der Waals surface area contributed by atoms with E-state index in [1.807, 2.05) is 12.3 Å². The Bertz CT molecular complexity index is 404. The van der Waals surface area contributed by atoms with Gasteiger partial charge in [0.05, 0.1) is 18.7 Å². The van der Waals surface area contributed by atoms with Crippen molar-refractivity contribution in [3.05, 3.63) is 11.1 Å². The second kappa shape index (κ2) is 7.48. The molecule has 0 saturated heterocycles. The predicted octanol–water partition coefficient (Wildman–Crippen LogP) is 3.12. The van der Waals surface area contributed by atoms with Crippen molar-refractivity contribution in [2.75, 3.05) is 18.6 Å². The number of hydrogen-bond acceptors (Lipinski definition) is 5. The quantitative estimate of drug-likeness (QED) is 0.722. The van der Waals surface area contributed by atoms with Crippen LogP contribution >= 0.6 is 11.3 Å². The Labute approximate surface area is 119 Å². The molecule has 0 aliphatic heterocycles. The minimum Gasteiger partial charge on any atom is -0.466 e. The standard InChI is InChI=1S/C14H24N2O2S/c1-6-18-13(17)8-7-12-9-19-14(15-12)16(5)11(4)10(2)3/h9-11H,6-8H2,1-5H3. The molecule has 0 radical (unpaired) electrons. The molecule has 0 fully saturated rings. The van der Waals surface area contributed by atoms with Crippen LogP contribution in [0.4, 0.5) is 5.13 Å². The molecule has 19 heavy (non-hydrogen) atoms. The first-order valence-electron chi connectivity index (χ1n) is 6.78. The van der Waals surface area contributed by atoms with E-state index >= 15 is 0 Å². The zero-order valence-electron chi connectivity index (χ0n) is 12.5. The Kier molecular flexibility index (Phi) is 6.28. The van der Waals surface area contributed by atoms with E-state index in [2.05, 4.69) is 37.7 Å². The second-order valence-electron chi connectivity index (χ2n) is 5.02. The third kappa shape index (κ3) is 4.82. The minimum atomic E-state index is -0.152. The van der Waals surface area contributed by atoms with E-state index in [4.69, 9.17) is 4.74 Å². The molecule has 1 aromatic heterocycles. The molecule has 0 aliphatic rings. The molecule has 4 nitrogen and oxygen atoms in total. The fraction of sp³-hybridized carbons (Fsp3) is 0.714. The lowest BCUT2D eigenvalue weighted by Gasteiger charge is -2.27. The summed E-state index contributed by atoms with van der Waals surface area (Å²) in [5.74, 6) is 0.429. The third-order valence-electron chi connectivity index (χ3n) is 3.31. The number of thiazole rings is 1. The van der Waals surface area contributed by atoms with Crippen molar-refractivity contribution < 1.29 is 9.53 Å². The molecular formula is C14H24N2O2S. The Hall–Kier alpha value is -1.10.